The van der Waals surface area contributed by atoms with Gasteiger partial charge < -0.3 is 31.7 Å². The SMILES string of the molecule is CC1NC(C2CCC3CCC4(CCCC4)CCC(O)(CC(=O)O)CNC4(C)CC(N)NC(C4)C4(CCCCC4)c4cccc(c4)CC3C2)CCC1O. The lowest BCUT2D eigenvalue weighted by Gasteiger charge is -2.53. The molecule has 8 heteroatoms. The highest BCUT2D eigenvalue weighted by atomic mass is 16.4. The molecule has 7 rings (SSSR count). The lowest BCUT2D eigenvalue weighted by Crippen LogP contribution is -2.67. The number of nitrogens with one attached hydrogen (secondary N) is 3. The average molecular weight is 721 g/mol. The Morgan fingerprint density at radius 2 is 1.62 bits per heavy atom. The number of nitrogens with two attached hydrogens (primary N) is 1. The van der Waals surface area contributed by atoms with Crippen LogP contribution in [0.5, 0.6) is 0 Å². The van der Waals surface area contributed by atoms with E-state index in [4.69, 9.17) is 5.73 Å². The maximum atomic E-state index is 12.2. The van der Waals surface area contributed by atoms with Crippen LogP contribution in [0.2, 0.25) is 0 Å². The van der Waals surface area contributed by atoms with Gasteiger partial charge in [0.05, 0.1) is 24.3 Å². The lowest BCUT2D eigenvalue weighted by molar-refractivity contribution is -0.143. The van der Waals surface area contributed by atoms with Crippen molar-refractivity contribution >= 4 is 5.97 Å². The molecule has 52 heavy (non-hydrogen) atoms. The Bertz CT molecular complexity index is 1360. The number of piperidine rings is 2. The number of carboxylic acid groups (broad SMARTS) is 1. The molecule has 4 bridgehead atoms. The molecule has 8 N–H and O–H groups in total. The summed E-state index contributed by atoms with van der Waals surface area (Å²) in [6, 6.07) is 10.6. The highest BCUT2D eigenvalue weighted by Gasteiger charge is 2.49. The molecule has 1 aromatic rings. The predicted molar refractivity (Wildman–Crippen MR) is 208 cm³/mol. The first-order valence-corrected chi connectivity index (χ1v) is 21.6. The van der Waals surface area contributed by atoms with Crippen molar-refractivity contribution < 1.29 is 20.1 Å². The van der Waals surface area contributed by atoms with Gasteiger partial charge in [-0.15, -0.1) is 0 Å². The minimum atomic E-state index is -1.30. The van der Waals surface area contributed by atoms with Crippen molar-refractivity contribution in [1.29, 1.82) is 0 Å². The summed E-state index contributed by atoms with van der Waals surface area (Å²) in [6.07, 6.45) is 22.6. The molecular formula is C44H72N4O4. The number of carboxylic acids is 1. The van der Waals surface area contributed by atoms with E-state index in [-0.39, 0.29) is 53.7 Å². The van der Waals surface area contributed by atoms with Gasteiger partial charge in [0.25, 0.3) is 0 Å². The van der Waals surface area contributed by atoms with Crippen molar-refractivity contribution in [2.45, 2.75) is 202 Å². The number of aliphatic hydroxyl groups is 2. The van der Waals surface area contributed by atoms with Gasteiger partial charge in [0.1, 0.15) is 0 Å². The van der Waals surface area contributed by atoms with Crippen LogP contribution < -0.4 is 21.7 Å². The maximum absolute atomic E-state index is 12.2. The molecule has 1 aromatic carbocycles. The van der Waals surface area contributed by atoms with Gasteiger partial charge in [0, 0.05) is 35.6 Å². The van der Waals surface area contributed by atoms with Crippen LogP contribution in [0.25, 0.3) is 0 Å². The van der Waals surface area contributed by atoms with Gasteiger partial charge in [0.2, 0.25) is 0 Å². The van der Waals surface area contributed by atoms with E-state index < -0.39 is 11.6 Å². The summed E-state index contributed by atoms with van der Waals surface area (Å²) in [7, 11) is 0. The van der Waals surface area contributed by atoms with E-state index >= 15 is 0 Å². The number of hydrogen-bond acceptors (Lipinski definition) is 7. The number of carbonyl (C=O) groups is 1. The molecule has 0 radical (unpaired) electrons. The Morgan fingerprint density at radius 3 is 2.37 bits per heavy atom. The molecule has 5 fully saturated rings. The summed E-state index contributed by atoms with van der Waals surface area (Å²) in [5.74, 6) is 1.01. The fourth-order valence-corrected chi connectivity index (χ4v) is 12.7. The van der Waals surface area contributed by atoms with E-state index in [0.717, 1.165) is 51.4 Å². The number of β-amino-alcohol motifs (C(OH)–C–C–N with tert-alkyl or cyclic N) is 1. The molecule has 292 valence electrons. The molecule has 2 saturated heterocycles. The summed E-state index contributed by atoms with van der Waals surface area (Å²) in [5.41, 5.74) is 8.39. The van der Waals surface area contributed by atoms with Crippen molar-refractivity contribution in [3.05, 3.63) is 35.4 Å². The number of aliphatic hydroxyl groups excluding tert-OH is 1. The van der Waals surface area contributed by atoms with Crippen LogP contribution in [0, 0.1) is 23.2 Å². The summed E-state index contributed by atoms with van der Waals surface area (Å²) in [5, 5.41) is 44.2. The molecule has 0 amide bonds. The van der Waals surface area contributed by atoms with Crippen LogP contribution in [0.1, 0.15) is 160 Å². The minimum absolute atomic E-state index is 0.00953. The minimum Gasteiger partial charge on any atom is -0.481 e. The second-order valence-electron chi connectivity index (χ2n) is 19.6. The van der Waals surface area contributed by atoms with Crippen LogP contribution in [-0.4, -0.2) is 69.4 Å². The van der Waals surface area contributed by atoms with Gasteiger partial charge in [-0.2, -0.15) is 0 Å². The molecule has 3 heterocycles. The number of rotatable bonds is 3. The molecule has 10 atom stereocenters. The van der Waals surface area contributed by atoms with E-state index in [1.54, 1.807) is 0 Å². The van der Waals surface area contributed by atoms with Gasteiger partial charge in [-0.25, -0.2) is 0 Å². The van der Waals surface area contributed by atoms with Crippen molar-refractivity contribution in [3.8, 4) is 0 Å². The van der Waals surface area contributed by atoms with Crippen LogP contribution in [0.4, 0.5) is 0 Å². The Hall–Kier alpha value is -1.55. The van der Waals surface area contributed by atoms with Gasteiger partial charge in [0.15, 0.2) is 0 Å². The predicted octanol–water partition coefficient (Wildman–Crippen LogP) is 6.69. The van der Waals surface area contributed by atoms with Crippen molar-refractivity contribution in [2.75, 3.05) is 6.54 Å². The largest absolute Gasteiger partial charge is 0.481 e. The summed E-state index contributed by atoms with van der Waals surface area (Å²) in [6.45, 7) is 4.69. The highest BCUT2D eigenvalue weighted by molar-refractivity contribution is 5.68. The number of fused-ring (bicyclic) bond motifs is 7. The third-order valence-corrected chi connectivity index (χ3v) is 15.9. The van der Waals surface area contributed by atoms with E-state index in [9.17, 15) is 20.1 Å². The maximum Gasteiger partial charge on any atom is 0.306 e. The Labute approximate surface area is 314 Å². The quantitative estimate of drug-likeness (QED) is 0.183. The molecule has 8 nitrogen and oxygen atoms in total. The topological polar surface area (TPSA) is 140 Å². The molecule has 3 aliphatic heterocycles. The Balaban J connectivity index is 1.24. The van der Waals surface area contributed by atoms with E-state index in [0.29, 0.717) is 30.2 Å². The fraction of sp³-hybridized carbons (Fsp3) is 0.841. The lowest BCUT2D eigenvalue weighted by atomic mass is 9.60. The number of hydrogen-bond donors (Lipinski definition) is 7. The first kappa shape index (κ1) is 38.7. The smallest absolute Gasteiger partial charge is 0.306 e. The standard InChI is InChI=1S/C44H72N4O4/c1-30-37(49)14-13-36(47-30)33-12-11-32-15-20-42(16-6-7-17-42)21-22-43(52,28-40(50)51)29-46-41(2)26-38(48-39(45)27-41)44(18-4-3-5-19-44)35-10-8-9-31(24-35)23-34(32)25-33/h8-10,24,30,32-34,36-39,46-49,52H,3-7,11-23,25-29,45H2,1-2H3,(H,50,51). The van der Waals surface area contributed by atoms with Gasteiger partial charge >= 0.3 is 5.97 Å². The second kappa shape index (κ2) is 15.9. The van der Waals surface area contributed by atoms with Crippen molar-refractivity contribution in [3.63, 3.8) is 0 Å². The Morgan fingerprint density at radius 1 is 0.865 bits per heavy atom. The normalized spacial score (nSPS) is 41.5. The van der Waals surface area contributed by atoms with Crippen LogP contribution >= 0.6 is 0 Å². The summed E-state index contributed by atoms with van der Waals surface area (Å²) >= 11 is 0. The zero-order valence-corrected chi connectivity index (χ0v) is 32.5. The zero-order chi connectivity index (χ0) is 36.6. The van der Waals surface area contributed by atoms with E-state index in [2.05, 4.69) is 54.1 Å². The monoisotopic (exact) mass is 721 g/mol. The summed E-state index contributed by atoms with van der Waals surface area (Å²) in [4.78, 5) is 12.2. The molecule has 3 aliphatic carbocycles. The highest BCUT2D eigenvalue weighted by Crippen LogP contribution is 2.51. The van der Waals surface area contributed by atoms with E-state index in [1.807, 2.05) is 0 Å². The molecule has 0 aromatic heterocycles. The van der Waals surface area contributed by atoms with Crippen LogP contribution in [-0.2, 0) is 16.6 Å². The Kier molecular flexibility index (Phi) is 11.8. The fourth-order valence-electron chi connectivity index (χ4n) is 12.7. The average Bonchev–Trinajstić information content (AvgIpc) is 3.59. The molecular weight excluding hydrogens is 649 g/mol. The van der Waals surface area contributed by atoms with Gasteiger partial charge in [-0.3, -0.25) is 10.1 Å². The molecule has 6 aliphatic rings. The summed E-state index contributed by atoms with van der Waals surface area (Å²) < 4.78 is 0. The first-order chi connectivity index (χ1) is 24.9. The third-order valence-electron chi connectivity index (χ3n) is 15.9. The number of aliphatic carboxylic acids is 1. The molecule has 10 unspecified atom stereocenters. The van der Waals surface area contributed by atoms with Gasteiger partial charge in [-0.1, -0.05) is 56.4 Å². The van der Waals surface area contributed by atoms with Crippen LogP contribution in [0.3, 0.4) is 0 Å². The third kappa shape index (κ3) is 8.63. The molecule has 3 saturated carbocycles. The van der Waals surface area contributed by atoms with Crippen molar-refractivity contribution in [2.24, 2.45) is 28.9 Å². The number of benzene rings is 1. The first-order valence-electron chi connectivity index (χ1n) is 21.6. The van der Waals surface area contributed by atoms with E-state index in [1.165, 1.54) is 88.2 Å². The molecule has 2 spiro atoms. The van der Waals surface area contributed by atoms with Crippen LogP contribution in [0.15, 0.2) is 24.3 Å². The van der Waals surface area contributed by atoms with Gasteiger partial charge in [-0.05, 0) is 151 Å². The second-order valence-corrected chi connectivity index (χ2v) is 19.6. The zero-order valence-electron chi connectivity index (χ0n) is 32.5. The van der Waals surface area contributed by atoms with Crippen molar-refractivity contribution in [1.82, 2.24) is 16.0 Å².